The Bertz CT molecular complexity index is 3740. The molecule has 0 saturated carbocycles. The molecular weight excluding hydrogens is 1630 g/mol. The number of nitrogens with one attached hydrogen (secondary N) is 20. The van der Waals surface area contributed by atoms with Crippen LogP contribution in [0.1, 0.15) is 209 Å². The van der Waals surface area contributed by atoms with E-state index >= 15 is 14.4 Å². The number of amides is 13. The van der Waals surface area contributed by atoms with Crippen molar-refractivity contribution < 1.29 is 96.5 Å². The smallest absolute Gasteiger partial charge is 0.305 e. The van der Waals surface area contributed by atoms with Crippen molar-refractivity contribution in [2.24, 2.45) is 63.2 Å². The van der Waals surface area contributed by atoms with E-state index in [0.717, 1.165) is 0 Å². The first kappa shape index (κ1) is 110. The molecule has 0 fully saturated rings. The van der Waals surface area contributed by atoms with Gasteiger partial charge in [0, 0.05) is 56.4 Å². The molecule has 7 unspecified atom stereocenters. The third kappa shape index (κ3) is 45.6. The van der Waals surface area contributed by atoms with Gasteiger partial charge in [0.05, 0.1) is 37.0 Å². The number of hydrogen-bond donors (Lipinski definition) is 30. The second-order valence-corrected chi connectivity index (χ2v) is 32.0. The standard InChI is InChI=1S/C76H134N28O20/c1-40(2)34-50(67(121)97-48(21-17-33-92-74(86)87)64(118)102-52(37-58(111)112)66(120)94-43(38-105)22-25-54(77)106)100-61(115)42(5)93-70(124)75(6)28-12-10-8-9-11-13-29-76(7,39-75)103-45(18-14-30-89-71(80)81)60(114)59(113)44(23-26-55(78)107)95-62(116)46(19-15-31-90-72(82)83)96-63(117)47(20-16-32-91-73(84)85)98-68(122)51(36-56(79)108)101-65(119)49(24-27-57(109)110)99-69(123)53(104-88)35-41(3)4/h8-9,38,40-53,103-104H,10-37,39,88H2,1-7H3,(H2,77,106)(H2,78,107)(H2,79,108)(H,93,124)(H,94,120)(H,95,116)(H,96,117)(H,97,121)(H,98,122)(H,99,123)(H,100,115)(H,101,119)(H,102,118)(H,109,110)(H,111,112)(H4,80,81,89)(H4,82,83,90)(H4,84,85,91)(H4,86,87,92)/b9-8-/t42-,43-,44-,45-,46?,47-,48-,49-,50?,51?,52?,53?,75?,76?/m0/s1. The quantitative estimate of drug-likeness (QED) is 0.00393. The summed E-state index contributed by atoms with van der Waals surface area (Å²) in [5.41, 5.74) is 38.1. The molecule has 1 aliphatic carbocycles. The molecular formula is C76H134N28O20. The van der Waals surface area contributed by atoms with Gasteiger partial charge >= 0.3 is 11.9 Å². The van der Waals surface area contributed by atoms with Gasteiger partial charge in [0.15, 0.2) is 23.8 Å². The number of aldehydes is 1. The average Bonchev–Trinajstić information content (AvgIpc) is 0.969. The van der Waals surface area contributed by atoms with Crippen LogP contribution in [0.2, 0.25) is 0 Å². The number of ketones is 2. The van der Waals surface area contributed by atoms with Crippen molar-refractivity contribution in [1.82, 2.24) is 85.2 Å². The molecule has 0 aromatic heterocycles. The van der Waals surface area contributed by atoms with Gasteiger partial charge in [0.2, 0.25) is 88.4 Å². The van der Waals surface area contributed by atoms with E-state index in [-0.39, 0.29) is 141 Å². The van der Waals surface area contributed by atoms with E-state index in [4.69, 9.17) is 67.6 Å². The van der Waals surface area contributed by atoms with Gasteiger partial charge in [-0.1, -0.05) is 46.8 Å². The van der Waals surface area contributed by atoms with E-state index < -0.39 is 246 Å². The van der Waals surface area contributed by atoms with Gasteiger partial charge in [-0.05, 0) is 154 Å². The maximum absolute atomic E-state index is 15.3. The van der Waals surface area contributed by atoms with E-state index in [0.29, 0.717) is 25.7 Å². The van der Waals surface area contributed by atoms with Crippen LogP contribution in [0.15, 0.2) is 12.2 Å². The minimum atomic E-state index is -1.92. The summed E-state index contributed by atoms with van der Waals surface area (Å²) in [6.45, 7) is 11.5. The second-order valence-electron chi connectivity index (χ2n) is 32.0. The number of aliphatic carboxylic acids is 2. The number of carbonyl (C=O) groups excluding carboxylic acids is 16. The fourth-order valence-electron chi connectivity index (χ4n) is 13.5. The predicted octanol–water partition coefficient (Wildman–Crippen LogP) is -7.06. The number of allylic oxidation sites excluding steroid dienone is 2. The molecule has 0 aromatic carbocycles. The summed E-state index contributed by atoms with van der Waals surface area (Å²) in [7, 11) is 0. The first-order valence-electron chi connectivity index (χ1n) is 41.1. The number of guanidine groups is 4. The van der Waals surface area contributed by atoms with Crippen LogP contribution in [0.5, 0.6) is 0 Å². The summed E-state index contributed by atoms with van der Waals surface area (Å²) < 4.78 is 0. The summed E-state index contributed by atoms with van der Waals surface area (Å²) in [6, 6.07) is -19.0. The highest BCUT2D eigenvalue weighted by Crippen LogP contribution is 2.38. The van der Waals surface area contributed by atoms with Gasteiger partial charge in [0.1, 0.15) is 54.6 Å². The fourth-order valence-corrected chi connectivity index (χ4v) is 13.5. The SMILES string of the molecule is CC(C)CC(NN)C(=O)N[C@@H](CCC(=O)O)C(=O)NC(CC(N)=O)C(=O)N[C@@H](CCCNC(=N)N)C(=O)NC(CCCNC(=N)N)C(=O)N[C@@H](CCC(N)=O)C(=O)C(=O)[C@H](CCCNC(=N)N)NC1(C)CCC/C=C\CCCC(C)(C(=O)N[C@@H](C)C(=O)NC(CC(C)C)C(=O)N[C@@H](CCCNC(=N)N)C(=O)NC(CC(=O)O)C(=O)N[C@H](C=O)CCC(N)=O)C1. The number of carbonyl (C=O) groups is 18. The van der Waals surface area contributed by atoms with E-state index in [1.54, 1.807) is 41.5 Å². The molecule has 38 N–H and O–H groups in total. The third-order valence-electron chi connectivity index (χ3n) is 19.8. The molecule has 0 bridgehead atoms. The van der Waals surface area contributed by atoms with Gasteiger partial charge < -0.3 is 135 Å². The summed E-state index contributed by atoms with van der Waals surface area (Å²) >= 11 is 0. The summed E-state index contributed by atoms with van der Waals surface area (Å²) in [5, 5.41) is 88.5. The van der Waals surface area contributed by atoms with Gasteiger partial charge in [-0.15, -0.1) is 0 Å². The number of carboxylic acids is 2. The molecule has 0 radical (unpaired) electrons. The van der Waals surface area contributed by atoms with E-state index in [1.807, 2.05) is 12.2 Å². The molecule has 1 aliphatic rings. The monoisotopic (exact) mass is 1760 g/mol. The lowest BCUT2D eigenvalue weighted by Crippen LogP contribution is -2.61. The molecule has 1 rings (SSSR count). The topological polar surface area (TPSA) is 844 Å². The maximum Gasteiger partial charge on any atom is 0.305 e. The highest BCUT2D eigenvalue weighted by molar-refractivity contribution is 6.41. The minimum Gasteiger partial charge on any atom is -0.481 e. The fraction of sp³-hybridized carbons (Fsp3) is 0.684. The van der Waals surface area contributed by atoms with E-state index in [1.165, 1.54) is 6.92 Å². The number of primary amides is 3. The summed E-state index contributed by atoms with van der Waals surface area (Å²) in [6.07, 6.45) is 0.212. The van der Waals surface area contributed by atoms with Gasteiger partial charge in [0.25, 0.3) is 0 Å². The van der Waals surface area contributed by atoms with Crippen LogP contribution >= 0.6 is 0 Å². The Labute approximate surface area is 719 Å². The molecule has 0 spiro atoms. The van der Waals surface area contributed by atoms with Crippen molar-refractivity contribution in [3.8, 4) is 0 Å². The lowest BCUT2D eigenvalue weighted by Gasteiger charge is -2.42. The maximum atomic E-state index is 15.3. The molecule has 698 valence electrons. The summed E-state index contributed by atoms with van der Waals surface area (Å²) in [4.78, 5) is 246. The van der Waals surface area contributed by atoms with Crippen molar-refractivity contribution >= 4 is 130 Å². The molecule has 14 atom stereocenters. The Morgan fingerprint density at radius 1 is 0.395 bits per heavy atom. The Morgan fingerprint density at radius 2 is 0.742 bits per heavy atom. The molecule has 48 heteroatoms. The molecule has 0 heterocycles. The first-order valence-corrected chi connectivity index (χ1v) is 41.1. The first-order chi connectivity index (χ1) is 58.0. The number of hydrogen-bond acceptors (Lipinski definition) is 25. The number of Topliss-reactive ketones (excluding diaryl/α,β-unsaturated/α-hetero) is 2. The predicted molar refractivity (Wildman–Crippen MR) is 452 cm³/mol. The van der Waals surface area contributed by atoms with Crippen molar-refractivity contribution in [3.05, 3.63) is 12.2 Å². The molecule has 0 saturated heterocycles. The zero-order valence-corrected chi connectivity index (χ0v) is 71.7. The van der Waals surface area contributed by atoms with Crippen LogP contribution in [-0.4, -0.2) is 245 Å². The second kappa shape index (κ2) is 57.2. The Hall–Kier alpha value is -12.2. The Kier molecular flexibility index (Phi) is 50.6. The molecule has 124 heavy (non-hydrogen) atoms. The largest absolute Gasteiger partial charge is 0.481 e. The van der Waals surface area contributed by atoms with Gasteiger partial charge in [-0.2, -0.15) is 0 Å². The van der Waals surface area contributed by atoms with Crippen LogP contribution < -0.4 is 131 Å². The highest BCUT2D eigenvalue weighted by Gasteiger charge is 2.45. The van der Waals surface area contributed by atoms with Crippen molar-refractivity contribution in [1.29, 1.82) is 21.6 Å². The molecule has 0 aliphatic heterocycles. The van der Waals surface area contributed by atoms with E-state index in [2.05, 4.69) is 85.2 Å². The average molecular weight is 1760 g/mol. The third-order valence-corrected chi connectivity index (χ3v) is 19.8. The zero-order chi connectivity index (χ0) is 94.1. The number of carboxylic acid groups (broad SMARTS) is 2. The van der Waals surface area contributed by atoms with Gasteiger partial charge in [-0.3, -0.25) is 109 Å². The van der Waals surface area contributed by atoms with Crippen LogP contribution in [-0.2, 0) is 86.3 Å². The Morgan fingerprint density at radius 3 is 1.15 bits per heavy atom. The minimum absolute atomic E-state index is 0.00633. The van der Waals surface area contributed by atoms with Crippen LogP contribution in [0.25, 0.3) is 0 Å². The number of rotatable bonds is 60. The lowest BCUT2D eigenvalue weighted by atomic mass is 9.71. The summed E-state index contributed by atoms with van der Waals surface area (Å²) in [5.74, 6) is -15.2. The van der Waals surface area contributed by atoms with Crippen LogP contribution in [0, 0.1) is 38.9 Å². The number of hydrazine groups is 1. The van der Waals surface area contributed by atoms with Crippen molar-refractivity contribution in [3.63, 3.8) is 0 Å². The number of nitrogens with two attached hydrogens (primary N) is 8. The highest BCUT2D eigenvalue weighted by atomic mass is 16.4. The van der Waals surface area contributed by atoms with Crippen LogP contribution in [0.3, 0.4) is 0 Å². The van der Waals surface area contributed by atoms with Gasteiger partial charge in [-0.25, -0.2) is 5.43 Å². The van der Waals surface area contributed by atoms with Crippen molar-refractivity contribution in [2.75, 3.05) is 26.2 Å². The van der Waals surface area contributed by atoms with Crippen molar-refractivity contribution in [2.45, 2.75) is 287 Å². The lowest BCUT2D eigenvalue weighted by molar-refractivity contribution is -0.141. The van der Waals surface area contributed by atoms with Crippen LogP contribution in [0.4, 0.5) is 0 Å². The molecule has 13 amide bonds. The molecule has 48 nitrogen and oxygen atoms in total. The normalized spacial score (nSPS) is 17.7. The molecule has 0 aromatic rings. The Balaban J connectivity index is 4.04. The van der Waals surface area contributed by atoms with E-state index in [9.17, 15) is 82.1 Å². The zero-order valence-electron chi connectivity index (χ0n) is 71.7.